The second kappa shape index (κ2) is 2.67. The highest BCUT2D eigenvalue weighted by atomic mass is 19.1. The molecule has 2 nitrogen and oxygen atoms in total. The number of ketones is 1. The van der Waals surface area contributed by atoms with E-state index < -0.39 is 0 Å². The lowest BCUT2D eigenvalue weighted by molar-refractivity contribution is 0.0281. The quantitative estimate of drug-likeness (QED) is 0.639. The molecule has 1 aliphatic carbocycles. The lowest BCUT2D eigenvalue weighted by Crippen LogP contribution is -2.57. The summed E-state index contributed by atoms with van der Waals surface area (Å²) in [5.41, 5.74) is 1.38. The van der Waals surface area contributed by atoms with E-state index in [0.29, 0.717) is 5.56 Å². The van der Waals surface area contributed by atoms with Crippen molar-refractivity contribution in [2.24, 2.45) is 5.41 Å². The monoisotopic (exact) mass is 205 g/mol. The molecule has 0 atom stereocenters. The zero-order chi connectivity index (χ0) is 10.6. The molecule has 0 radical (unpaired) electrons. The summed E-state index contributed by atoms with van der Waals surface area (Å²) in [5, 5.41) is 0. The van der Waals surface area contributed by atoms with Crippen LogP contribution < -0.4 is 0 Å². The molecular weight excluding hydrogens is 193 g/mol. The van der Waals surface area contributed by atoms with Crippen molar-refractivity contribution < 1.29 is 9.18 Å². The Bertz CT molecular complexity index is 449. The normalized spacial score (nSPS) is 22.9. The first-order valence-electron chi connectivity index (χ1n) is 5.13. The smallest absolute Gasteiger partial charge is 0.172 e. The molecule has 1 aliphatic heterocycles. The van der Waals surface area contributed by atoms with Crippen molar-refractivity contribution in [2.45, 2.75) is 6.42 Å². The second-order valence-electron chi connectivity index (χ2n) is 4.76. The third kappa shape index (κ3) is 1.10. The molecule has 1 aromatic carbocycles. The van der Waals surface area contributed by atoms with E-state index in [0.717, 1.165) is 25.1 Å². The Kier molecular flexibility index (Phi) is 1.61. The van der Waals surface area contributed by atoms with Crippen molar-refractivity contribution in [2.75, 3.05) is 20.1 Å². The van der Waals surface area contributed by atoms with Gasteiger partial charge in [-0.2, -0.15) is 0 Å². The van der Waals surface area contributed by atoms with E-state index in [9.17, 15) is 9.18 Å². The van der Waals surface area contributed by atoms with Gasteiger partial charge >= 0.3 is 0 Å². The number of carbonyl (C=O) groups is 1. The van der Waals surface area contributed by atoms with Crippen LogP contribution in [0.1, 0.15) is 15.9 Å². The van der Waals surface area contributed by atoms with Gasteiger partial charge in [-0.05, 0) is 31.2 Å². The van der Waals surface area contributed by atoms with Crippen molar-refractivity contribution in [3.05, 3.63) is 35.1 Å². The minimum atomic E-state index is -0.313. The molecule has 2 aliphatic rings. The van der Waals surface area contributed by atoms with Gasteiger partial charge in [0.25, 0.3) is 0 Å². The van der Waals surface area contributed by atoms with E-state index in [4.69, 9.17) is 0 Å². The number of benzene rings is 1. The van der Waals surface area contributed by atoms with Gasteiger partial charge in [-0.25, -0.2) is 4.39 Å². The summed E-state index contributed by atoms with van der Waals surface area (Å²) >= 11 is 0. The average Bonchev–Trinajstić information content (AvgIpc) is 2.41. The molecule has 0 aromatic heterocycles. The van der Waals surface area contributed by atoms with Crippen molar-refractivity contribution in [3.63, 3.8) is 0 Å². The minimum absolute atomic E-state index is 0.134. The number of hydrogen-bond donors (Lipinski definition) is 0. The van der Waals surface area contributed by atoms with Gasteiger partial charge in [0.05, 0.1) is 5.41 Å². The number of rotatable bonds is 0. The molecule has 1 spiro atoms. The number of likely N-dealkylation sites (tertiary alicyclic amines) is 1. The Labute approximate surface area is 87.7 Å². The molecule has 3 heteroatoms. The highest BCUT2D eigenvalue weighted by Gasteiger charge is 2.52. The lowest BCUT2D eigenvalue weighted by atomic mass is 9.76. The Morgan fingerprint density at radius 3 is 2.80 bits per heavy atom. The van der Waals surface area contributed by atoms with Gasteiger partial charge in [-0.1, -0.05) is 6.07 Å². The standard InChI is InChI=1S/C12H12FNO/c1-14-6-12(7-14)5-8-2-3-9(13)4-10(8)11(12)15/h2-4H,5-7H2,1H3. The Morgan fingerprint density at radius 2 is 2.13 bits per heavy atom. The van der Waals surface area contributed by atoms with E-state index in [1.807, 2.05) is 7.05 Å². The van der Waals surface area contributed by atoms with E-state index in [2.05, 4.69) is 4.90 Å². The second-order valence-corrected chi connectivity index (χ2v) is 4.76. The first-order valence-corrected chi connectivity index (χ1v) is 5.13. The van der Waals surface area contributed by atoms with Crippen LogP contribution in [-0.2, 0) is 6.42 Å². The van der Waals surface area contributed by atoms with Crippen molar-refractivity contribution in [3.8, 4) is 0 Å². The average molecular weight is 205 g/mol. The van der Waals surface area contributed by atoms with Crippen molar-refractivity contribution in [1.82, 2.24) is 4.90 Å². The van der Waals surface area contributed by atoms with Crippen LogP contribution in [-0.4, -0.2) is 30.8 Å². The molecule has 1 heterocycles. The number of carbonyl (C=O) groups excluding carboxylic acids is 1. The zero-order valence-corrected chi connectivity index (χ0v) is 8.59. The van der Waals surface area contributed by atoms with Crippen LogP contribution in [0.3, 0.4) is 0 Å². The maximum atomic E-state index is 13.0. The van der Waals surface area contributed by atoms with Gasteiger partial charge in [0, 0.05) is 18.7 Å². The molecular formula is C12H12FNO. The molecule has 78 valence electrons. The molecule has 0 bridgehead atoms. The summed E-state index contributed by atoms with van der Waals surface area (Å²) in [6.07, 6.45) is 0.784. The van der Waals surface area contributed by atoms with Crippen LogP contribution in [0.25, 0.3) is 0 Å². The fourth-order valence-electron chi connectivity index (χ4n) is 2.89. The molecule has 1 saturated heterocycles. The van der Waals surface area contributed by atoms with Crippen LogP contribution in [0, 0.1) is 11.2 Å². The fourth-order valence-corrected chi connectivity index (χ4v) is 2.89. The van der Waals surface area contributed by atoms with E-state index in [1.165, 1.54) is 12.1 Å². The van der Waals surface area contributed by atoms with Gasteiger partial charge in [0.15, 0.2) is 5.78 Å². The minimum Gasteiger partial charge on any atom is -0.304 e. The lowest BCUT2D eigenvalue weighted by Gasteiger charge is -2.44. The van der Waals surface area contributed by atoms with Gasteiger partial charge in [-0.15, -0.1) is 0 Å². The molecule has 3 rings (SSSR count). The predicted octanol–water partition coefficient (Wildman–Crippen LogP) is 1.50. The summed E-state index contributed by atoms with van der Waals surface area (Å²) in [7, 11) is 2.00. The van der Waals surface area contributed by atoms with Crippen molar-refractivity contribution in [1.29, 1.82) is 0 Å². The third-order valence-electron chi connectivity index (χ3n) is 3.47. The highest BCUT2D eigenvalue weighted by Crippen LogP contribution is 2.43. The molecule has 1 aromatic rings. The zero-order valence-electron chi connectivity index (χ0n) is 8.59. The summed E-state index contributed by atoms with van der Waals surface area (Å²) in [5.74, 6) is -0.179. The number of nitrogens with zero attached hydrogens (tertiary/aromatic N) is 1. The number of fused-ring (bicyclic) bond motifs is 1. The van der Waals surface area contributed by atoms with Gasteiger partial charge in [0.1, 0.15) is 5.82 Å². The number of hydrogen-bond acceptors (Lipinski definition) is 2. The highest BCUT2D eigenvalue weighted by molar-refractivity contribution is 6.05. The predicted molar refractivity (Wildman–Crippen MR) is 54.4 cm³/mol. The van der Waals surface area contributed by atoms with Crippen LogP contribution >= 0.6 is 0 Å². The molecule has 0 saturated carbocycles. The molecule has 1 fully saturated rings. The van der Waals surface area contributed by atoms with Crippen LogP contribution in [0.2, 0.25) is 0 Å². The number of Topliss-reactive ketones (excluding diaryl/α,β-unsaturated/α-hetero) is 1. The third-order valence-corrected chi connectivity index (χ3v) is 3.47. The molecule has 0 amide bonds. The molecule has 15 heavy (non-hydrogen) atoms. The first-order chi connectivity index (χ1) is 7.11. The Hall–Kier alpha value is -1.22. The van der Waals surface area contributed by atoms with Crippen LogP contribution in [0.4, 0.5) is 4.39 Å². The maximum Gasteiger partial charge on any atom is 0.172 e. The van der Waals surface area contributed by atoms with E-state index in [-0.39, 0.29) is 17.0 Å². The van der Waals surface area contributed by atoms with Crippen LogP contribution in [0.15, 0.2) is 18.2 Å². The maximum absolute atomic E-state index is 13.0. The van der Waals surface area contributed by atoms with Gasteiger partial charge in [0.2, 0.25) is 0 Å². The summed E-state index contributed by atoms with van der Waals surface area (Å²) in [6.45, 7) is 1.62. The van der Waals surface area contributed by atoms with Gasteiger partial charge in [-0.3, -0.25) is 4.79 Å². The molecule has 0 unspecified atom stereocenters. The Balaban J connectivity index is 2.03. The summed E-state index contributed by atoms with van der Waals surface area (Å²) in [6, 6.07) is 4.56. The first kappa shape index (κ1) is 9.04. The van der Waals surface area contributed by atoms with Crippen molar-refractivity contribution >= 4 is 5.78 Å². The van der Waals surface area contributed by atoms with Crippen LogP contribution in [0.5, 0.6) is 0 Å². The topological polar surface area (TPSA) is 20.3 Å². The largest absolute Gasteiger partial charge is 0.304 e. The number of halogens is 1. The Morgan fingerprint density at radius 1 is 1.40 bits per heavy atom. The SMILES string of the molecule is CN1CC2(Cc3ccc(F)cc3C2=O)C1. The summed E-state index contributed by atoms with van der Waals surface area (Å²) < 4.78 is 13.0. The van der Waals surface area contributed by atoms with E-state index >= 15 is 0 Å². The van der Waals surface area contributed by atoms with E-state index in [1.54, 1.807) is 6.07 Å². The van der Waals surface area contributed by atoms with Gasteiger partial charge < -0.3 is 4.90 Å². The summed E-state index contributed by atoms with van der Waals surface area (Å²) in [4.78, 5) is 14.2. The molecule has 0 N–H and O–H groups in total. The fraction of sp³-hybridized carbons (Fsp3) is 0.417.